The Bertz CT molecular complexity index is 84.2. The van der Waals surface area contributed by atoms with Gasteiger partial charge in [-0.25, -0.2) is 0 Å². The lowest BCUT2D eigenvalue weighted by Gasteiger charge is -2.09. The van der Waals surface area contributed by atoms with Crippen LogP contribution < -0.4 is 5.32 Å². The van der Waals surface area contributed by atoms with Crippen LogP contribution >= 0.6 is 0 Å². The van der Waals surface area contributed by atoms with Crippen molar-refractivity contribution in [2.75, 3.05) is 6.54 Å². The Kier molecular flexibility index (Phi) is 1.35. The highest BCUT2D eigenvalue weighted by Gasteiger charge is 1.93. The molecule has 0 aromatic heterocycles. The molecule has 1 heterocycles. The lowest BCUT2D eigenvalue weighted by molar-refractivity contribution is 0.703. The average molecular weight is 96.2 g/mol. The molecule has 0 aliphatic carbocycles. The molecule has 1 N–H and O–H groups in total. The Hall–Kier alpha value is -0.460. The summed E-state index contributed by atoms with van der Waals surface area (Å²) in [6, 6.07) is 0. The predicted octanol–water partition coefficient (Wildman–Crippen LogP) is 1.09. The lowest BCUT2D eigenvalue weighted by atomic mass is 10.2. The number of rotatable bonds is 0. The van der Waals surface area contributed by atoms with Crippen LogP contribution in [0, 0.1) is 6.92 Å². The topological polar surface area (TPSA) is 12.0 Å². The zero-order valence-electron chi connectivity index (χ0n) is 4.41. The third kappa shape index (κ3) is 1.22. The molecule has 7 heavy (non-hydrogen) atoms. The van der Waals surface area contributed by atoms with Crippen molar-refractivity contribution >= 4 is 0 Å². The first-order valence-corrected chi connectivity index (χ1v) is 2.65. The number of allylic oxidation sites excluding steroid dienone is 2. The molecule has 0 amide bonds. The molecule has 0 unspecified atom stereocenters. The molecule has 0 fully saturated rings. The van der Waals surface area contributed by atoms with Crippen molar-refractivity contribution in [3.05, 3.63) is 18.7 Å². The molecular formula is C6H10N. The van der Waals surface area contributed by atoms with E-state index < -0.39 is 0 Å². The molecule has 1 heteroatoms. The molecule has 1 rings (SSSR count). The quantitative estimate of drug-likeness (QED) is 0.476. The van der Waals surface area contributed by atoms with Crippen LogP contribution in [-0.2, 0) is 0 Å². The fourth-order valence-electron chi connectivity index (χ4n) is 0.699. The van der Waals surface area contributed by atoms with Crippen LogP contribution in [0.15, 0.2) is 11.8 Å². The standard InChI is InChI=1S/C6H10N/c1-6-4-2-3-5-7-6/h4,7H,1-3,5H2. The van der Waals surface area contributed by atoms with Crippen molar-refractivity contribution in [3.63, 3.8) is 0 Å². The van der Waals surface area contributed by atoms with E-state index in [1.54, 1.807) is 0 Å². The van der Waals surface area contributed by atoms with Crippen LogP contribution in [0.2, 0.25) is 0 Å². The summed E-state index contributed by atoms with van der Waals surface area (Å²) in [6.45, 7) is 4.85. The van der Waals surface area contributed by atoms with Crippen molar-refractivity contribution in [1.29, 1.82) is 0 Å². The number of hydrogen-bond acceptors (Lipinski definition) is 1. The summed E-state index contributed by atoms with van der Waals surface area (Å²) in [5.74, 6) is 0. The summed E-state index contributed by atoms with van der Waals surface area (Å²) in [5.41, 5.74) is 1.09. The molecule has 1 aliphatic rings. The lowest BCUT2D eigenvalue weighted by Crippen LogP contribution is -2.15. The SMILES string of the molecule is [CH2]C1=CCCCN1. The monoisotopic (exact) mass is 96.1 g/mol. The van der Waals surface area contributed by atoms with E-state index in [0.29, 0.717) is 0 Å². The van der Waals surface area contributed by atoms with E-state index in [4.69, 9.17) is 0 Å². The van der Waals surface area contributed by atoms with E-state index in [1.807, 2.05) is 0 Å². The van der Waals surface area contributed by atoms with Crippen molar-refractivity contribution in [2.24, 2.45) is 0 Å². The third-order valence-corrected chi connectivity index (χ3v) is 1.12. The number of hydrogen-bond donors (Lipinski definition) is 1. The minimum Gasteiger partial charge on any atom is -0.389 e. The summed E-state index contributed by atoms with van der Waals surface area (Å²) >= 11 is 0. The van der Waals surface area contributed by atoms with Crippen molar-refractivity contribution < 1.29 is 0 Å². The number of nitrogens with one attached hydrogen (secondary N) is 1. The van der Waals surface area contributed by atoms with Crippen LogP contribution in [0.1, 0.15) is 12.8 Å². The van der Waals surface area contributed by atoms with Gasteiger partial charge in [-0.15, -0.1) is 0 Å². The predicted molar refractivity (Wildman–Crippen MR) is 30.7 cm³/mol. The van der Waals surface area contributed by atoms with E-state index in [2.05, 4.69) is 18.3 Å². The summed E-state index contributed by atoms with van der Waals surface area (Å²) < 4.78 is 0. The van der Waals surface area contributed by atoms with E-state index in [9.17, 15) is 0 Å². The Morgan fingerprint density at radius 2 is 2.57 bits per heavy atom. The van der Waals surface area contributed by atoms with Gasteiger partial charge in [-0.2, -0.15) is 0 Å². The van der Waals surface area contributed by atoms with Crippen molar-refractivity contribution in [2.45, 2.75) is 12.8 Å². The van der Waals surface area contributed by atoms with E-state index in [-0.39, 0.29) is 0 Å². The summed E-state index contributed by atoms with van der Waals surface area (Å²) in [6.07, 6.45) is 4.59. The maximum absolute atomic E-state index is 3.75. The fourth-order valence-corrected chi connectivity index (χ4v) is 0.699. The van der Waals surface area contributed by atoms with Crippen LogP contribution in [-0.4, -0.2) is 6.54 Å². The highest BCUT2D eigenvalue weighted by Crippen LogP contribution is 1.99. The molecule has 0 aromatic rings. The Balaban J connectivity index is 2.40. The Morgan fingerprint density at radius 3 is 2.86 bits per heavy atom. The van der Waals surface area contributed by atoms with Gasteiger partial charge in [0.2, 0.25) is 0 Å². The maximum atomic E-state index is 3.75. The highest BCUT2D eigenvalue weighted by atomic mass is 14.9. The zero-order chi connectivity index (χ0) is 5.11. The average Bonchev–Trinajstić information content (AvgIpc) is 1.69. The van der Waals surface area contributed by atoms with Crippen LogP contribution in [0.5, 0.6) is 0 Å². The van der Waals surface area contributed by atoms with E-state index >= 15 is 0 Å². The third-order valence-electron chi connectivity index (χ3n) is 1.12. The van der Waals surface area contributed by atoms with Crippen LogP contribution in [0.3, 0.4) is 0 Å². The van der Waals surface area contributed by atoms with Gasteiger partial charge >= 0.3 is 0 Å². The second-order valence-electron chi connectivity index (χ2n) is 1.80. The van der Waals surface area contributed by atoms with Crippen molar-refractivity contribution in [1.82, 2.24) is 5.32 Å². The molecular weight excluding hydrogens is 86.1 g/mol. The Morgan fingerprint density at radius 1 is 1.71 bits per heavy atom. The van der Waals surface area contributed by atoms with Gasteiger partial charge in [0.1, 0.15) is 0 Å². The second-order valence-corrected chi connectivity index (χ2v) is 1.80. The summed E-state index contributed by atoms with van der Waals surface area (Å²) in [5, 5.41) is 3.13. The zero-order valence-corrected chi connectivity index (χ0v) is 4.41. The van der Waals surface area contributed by atoms with Gasteiger partial charge < -0.3 is 5.32 Å². The summed E-state index contributed by atoms with van der Waals surface area (Å²) in [4.78, 5) is 0. The first-order valence-electron chi connectivity index (χ1n) is 2.65. The molecule has 0 atom stereocenters. The smallest absolute Gasteiger partial charge is 0.0146 e. The molecule has 1 aliphatic heterocycles. The molecule has 1 radical (unpaired) electrons. The largest absolute Gasteiger partial charge is 0.389 e. The minimum absolute atomic E-state index is 1.09. The van der Waals surface area contributed by atoms with Gasteiger partial charge in [-0.05, 0) is 19.8 Å². The van der Waals surface area contributed by atoms with Gasteiger partial charge in [-0.3, -0.25) is 0 Å². The minimum atomic E-state index is 1.09. The fraction of sp³-hybridized carbons (Fsp3) is 0.500. The van der Waals surface area contributed by atoms with Crippen LogP contribution in [0.25, 0.3) is 0 Å². The Labute approximate surface area is 44.4 Å². The maximum Gasteiger partial charge on any atom is 0.0146 e. The van der Waals surface area contributed by atoms with Gasteiger partial charge in [0.05, 0.1) is 0 Å². The molecule has 39 valence electrons. The van der Waals surface area contributed by atoms with Gasteiger partial charge in [0, 0.05) is 12.2 Å². The van der Waals surface area contributed by atoms with E-state index in [0.717, 1.165) is 12.2 Å². The molecule has 0 saturated carbocycles. The van der Waals surface area contributed by atoms with Gasteiger partial charge in [0.15, 0.2) is 0 Å². The summed E-state index contributed by atoms with van der Waals surface area (Å²) in [7, 11) is 0. The normalized spacial score (nSPS) is 20.4. The highest BCUT2D eigenvalue weighted by molar-refractivity contribution is 5.04. The molecule has 0 spiro atoms. The molecule has 0 saturated heterocycles. The molecule has 0 bridgehead atoms. The van der Waals surface area contributed by atoms with Gasteiger partial charge in [0.25, 0.3) is 0 Å². The first kappa shape index (κ1) is 4.69. The van der Waals surface area contributed by atoms with E-state index in [1.165, 1.54) is 12.8 Å². The molecule has 0 aromatic carbocycles. The second kappa shape index (κ2) is 2.01. The molecule has 1 nitrogen and oxygen atoms in total. The van der Waals surface area contributed by atoms with Crippen molar-refractivity contribution in [3.8, 4) is 0 Å². The van der Waals surface area contributed by atoms with Crippen LogP contribution in [0.4, 0.5) is 0 Å². The first-order chi connectivity index (χ1) is 3.39. The van der Waals surface area contributed by atoms with Gasteiger partial charge in [-0.1, -0.05) is 6.08 Å².